The molecule has 0 aromatic heterocycles. The minimum atomic E-state index is -0.402. The topological polar surface area (TPSA) is 99.3 Å². The summed E-state index contributed by atoms with van der Waals surface area (Å²) in [5.74, 6) is -1.12. The van der Waals surface area contributed by atoms with Gasteiger partial charge in [-0.05, 0) is 61.0 Å². The van der Waals surface area contributed by atoms with E-state index in [-0.39, 0.29) is 24.9 Å². The minimum Gasteiger partial charge on any atom is -0.376 e. The van der Waals surface area contributed by atoms with Gasteiger partial charge in [0.15, 0.2) is 0 Å². The maximum Gasteiger partial charge on any atom is 0.257 e. The Hall–Kier alpha value is -3.55. The molecule has 7 nitrogen and oxygen atoms in total. The molecule has 0 spiro atoms. The van der Waals surface area contributed by atoms with Gasteiger partial charge in [-0.3, -0.25) is 14.4 Å². The number of hydrogen-bond acceptors (Lipinski definition) is 4. The highest BCUT2D eigenvalue weighted by Crippen LogP contribution is 2.22. The highest BCUT2D eigenvalue weighted by Gasteiger charge is 2.13. The second-order valence-electron chi connectivity index (χ2n) is 7.10. The SMILES string of the molecule is Cc1c(Cl)cccc1NC(=O)CNC(=O)CNc1ccccc1C(=O)Nc1ccc(Cl)cc1. The molecule has 0 radical (unpaired) electrons. The minimum absolute atomic E-state index is 0.116. The smallest absolute Gasteiger partial charge is 0.257 e. The van der Waals surface area contributed by atoms with E-state index in [4.69, 9.17) is 23.2 Å². The van der Waals surface area contributed by atoms with Crippen molar-refractivity contribution < 1.29 is 14.4 Å². The van der Waals surface area contributed by atoms with Crippen LogP contribution in [0.1, 0.15) is 15.9 Å². The normalized spacial score (nSPS) is 10.3. The molecular weight excluding hydrogens is 463 g/mol. The first-order valence-electron chi connectivity index (χ1n) is 10.0. The second kappa shape index (κ2) is 11.4. The van der Waals surface area contributed by atoms with Crippen LogP contribution < -0.4 is 21.3 Å². The molecule has 0 aliphatic rings. The Morgan fingerprint density at radius 3 is 2.21 bits per heavy atom. The molecule has 0 fully saturated rings. The van der Waals surface area contributed by atoms with E-state index >= 15 is 0 Å². The van der Waals surface area contributed by atoms with Crippen molar-refractivity contribution in [3.8, 4) is 0 Å². The summed E-state index contributed by atoms with van der Waals surface area (Å²) in [6.45, 7) is 1.47. The van der Waals surface area contributed by atoms with E-state index in [0.29, 0.717) is 32.7 Å². The Morgan fingerprint density at radius 2 is 1.45 bits per heavy atom. The number of amides is 3. The van der Waals surface area contributed by atoms with Crippen LogP contribution >= 0.6 is 23.2 Å². The Balaban J connectivity index is 1.52. The zero-order chi connectivity index (χ0) is 23.8. The zero-order valence-corrected chi connectivity index (χ0v) is 19.3. The number of anilines is 3. The quantitative estimate of drug-likeness (QED) is 0.371. The molecule has 0 bridgehead atoms. The van der Waals surface area contributed by atoms with Crippen LogP contribution in [0.15, 0.2) is 66.7 Å². The molecule has 33 heavy (non-hydrogen) atoms. The fourth-order valence-corrected chi connectivity index (χ4v) is 3.22. The predicted molar refractivity (Wildman–Crippen MR) is 132 cm³/mol. The second-order valence-corrected chi connectivity index (χ2v) is 7.94. The number of benzene rings is 3. The summed E-state index contributed by atoms with van der Waals surface area (Å²) in [6.07, 6.45) is 0. The summed E-state index contributed by atoms with van der Waals surface area (Å²) >= 11 is 11.9. The maximum atomic E-state index is 12.7. The molecule has 0 heterocycles. The van der Waals surface area contributed by atoms with Gasteiger partial charge in [-0.1, -0.05) is 41.4 Å². The highest BCUT2D eigenvalue weighted by atomic mass is 35.5. The number of halogens is 2. The summed E-state index contributed by atoms with van der Waals surface area (Å²) in [6, 6.07) is 18.7. The fourth-order valence-electron chi connectivity index (χ4n) is 2.92. The average Bonchev–Trinajstić information content (AvgIpc) is 2.81. The number of carbonyl (C=O) groups excluding carboxylic acids is 3. The van der Waals surface area contributed by atoms with Gasteiger partial charge in [0.2, 0.25) is 11.8 Å². The summed E-state index contributed by atoms with van der Waals surface area (Å²) in [4.78, 5) is 37.0. The molecular formula is C24H22Cl2N4O3. The van der Waals surface area contributed by atoms with E-state index in [2.05, 4.69) is 21.3 Å². The first kappa shape index (κ1) is 24.1. The number of carbonyl (C=O) groups is 3. The molecule has 0 saturated carbocycles. The van der Waals surface area contributed by atoms with Crippen molar-refractivity contribution in [2.24, 2.45) is 0 Å². The fraction of sp³-hybridized carbons (Fsp3) is 0.125. The molecule has 0 saturated heterocycles. The Kier molecular flexibility index (Phi) is 8.29. The third-order valence-electron chi connectivity index (χ3n) is 4.70. The Labute approximate surface area is 201 Å². The van der Waals surface area contributed by atoms with Gasteiger partial charge in [0, 0.05) is 27.1 Å². The van der Waals surface area contributed by atoms with Gasteiger partial charge in [0.25, 0.3) is 5.91 Å². The number of hydrogen-bond donors (Lipinski definition) is 4. The van der Waals surface area contributed by atoms with Crippen molar-refractivity contribution in [3.05, 3.63) is 87.9 Å². The van der Waals surface area contributed by atoms with Crippen molar-refractivity contribution in [2.75, 3.05) is 29.0 Å². The molecule has 3 amide bonds. The molecule has 3 aromatic carbocycles. The standard InChI is InChI=1S/C24H22Cl2N4O3/c1-15-19(26)6-4-8-20(15)30-23(32)14-28-22(31)13-27-21-7-3-2-5-18(21)24(33)29-17-11-9-16(25)10-12-17/h2-12,27H,13-14H2,1H3,(H,28,31)(H,29,33)(H,30,32). The molecule has 0 unspecified atom stereocenters. The molecule has 9 heteroatoms. The van der Waals surface area contributed by atoms with Crippen molar-refractivity contribution in [2.45, 2.75) is 6.92 Å². The number of rotatable bonds is 8. The van der Waals surface area contributed by atoms with Crippen LogP contribution in [0, 0.1) is 6.92 Å². The van der Waals surface area contributed by atoms with Gasteiger partial charge in [-0.2, -0.15) is 0 Å². The summed E-state index contributed by atoms with van der Waals surface area (Å²) in [5.41, 5.74) is 2.78. The maximum absolute atomic E-state index is 12.7. The van der Waals surface area contributed by atoms with E-state index in [0.717, 1.165) is 5.56 Å². The van der Waals surface area contributed by atoms with Gasteiger partial charge >= 0.3 is 0 Å². The van der Waals surface area contributed by atoms with E-state index in [1.54, 1.807) is 73.7 Å². The summed E-state index contributed by atoms with van der Waals surface area (Å²) < 4.78 is 0. The molecule has 3 aromatic rings. The lowest BCUT2D eigenvalue weighted by atomic mass is 10.1. The van der Waals surface area contributed by atoms with Crippen LogP contribution in [0.5, 0.6) is 0 Å². The number of nitrogens with one attached hydrogen (secondary N) is 4. The van der Waals surface area contributed by atoms with Crippen molar-refractivity contribution in [1.29, 1.82) is 0 Å². The Bertz CT molecular complexity index is 1170. The van der Waals surface area contributed by atoms with Crippen molar-refractivity contribution in [3.63, 3.8) is 0 Å². The van der Waals surface area contributed by atoms with Gasteiger partial charge < -0.3 is 21.3 Å². The van der Waals surface area contributed by atoms with Crippen LogP contribution in [-0.4, -0.2) is 30.8 Å². The third kappa shape index (κ3) is 6.97. The van der Waals surface area contributed by atoms with E-state index in [1.807, 2.05) is 0 Å². The van der Waals surface area contributed by atoms with Gasteiger partial charge in [0.1, 0.15) is 0 Å². The van der Waals surface area contributed by atoms with Crippen LogP contribution in [0.2, 0.25) is 10.0 Å². The molecule has 3 rings (SSSR count). The molecule has 170 valence electrons. The molecule has 4 N–H and O–H groups in total. The largest absolute Gasteiger partial charge is 0.376 e. The van der Waals surface area contributed by atoms with Gasteiger partial charge in [-0.15, -0.1) is 0 Å². The first-order chi connectivity index (χ1) is 15.8. The summed E-state index contributed by atoms with van der Waals surface area (Å²) in [5, 5.41) is 12.1. The van der Waals surface area contributed by atoms with Gasteiger partial charge in [0.05, 0.1) is 18.7 Å². The third-order valence-corrected chi connectivity index (χ3v) is 5.36. The van der Waals surface area contributed by atoms with Crippen molar-refractivity contribution in [1.82, 2.24) is 5.32 Å². The zero-order valence-electron chi connectivity index (χ0n) is 17.7. The lowest BCUT2D eigenvalue weighted by molar-refractivity contribution is -0.122. The van der Waals surface area contributed by atoms with E-state index in [1.165, 1.54) is 0 Å². The van der Waals surface area contributed by atoms with Crippen LogP contribution in [0.25, 0.3) is 0 Å². The lowest BCUT2D eigenvalue weighted by Gasteiger charge is -2.13. The molecule has 0 atom stereocenters. The summed E-state index contributed by atoms with van der Waals surface area (Å²) in [7, 11) is 0. The van der Waals surface area contributed by atoms with Crippen molar-refractivity contribution >= 4 is 58.0 Å². The average molecular weight is 485 g/mol. The van der Waals surface area contributed by atoms with Crippen LogP contribution in [0.3, 0.4) is 0 Å². The Morgan fingerprint density at radius 1 is 0.758 bits per heavy atom. The molecule has 0 aliphatic carbocycles. The predicted octanol–water partition coefficient (Wildman–Crippen LogP) is 4.72. The van der Waals surface area contributed by atoms with Gasteiger partial charge in [-0.25, -0.2) is 0 Å². The van der Waals surface area contributed by atoms with Crippen LogP contribution in [0.4, 0.5) is 17.1 Å². The monoisotopic (exact) mass is 484 g/mol. The number of para-hydroxylation sites is 1. The van der Waals surface area contributed by atoms with E-state index in [9.17, 15) is 14.4 Å². The highest BCUT2D eigenvalue weighted by molar-refractivity contribution is 6.31. The molecule has 0 aliphatic heterocycles. The first-order valence-corrected chi connectivity index (χ1v) is 10.8. The van der Waals surface area contributed by atoms with E-state index < -0.39 is 5.91 Å². The van der Waals surface area contributed by atoms with Crippen LogP contribution in [-0.2, 0) is 9.59 Å². The lowest BCUT2D eigenvalue weighted by Crippen LogP contribution is -2.36.